The Kier molecular flexibility index (Phi) is 6.23. The molecule has 0 aliphatic carbocycles. The lowest BCUT2D eigenvalue weighted by molar-refractivity contribution is 0.528. The maximum Gasteiger partial charge on any atom is 0.148 e. The van der Waals surface area contributed by atoms with Crippen molar-refractivity contribution in [3.63, 3.8) is 0 Å². The van der Waals surface area contributed by atoms with Crippen LogP contribution in [0.5, 0.6) is 0 Å². The van der Waals surface area contributed by atoms with Crippen molar-refractivity contribution in [3.8, 4) is 0 Å². The van der Waals surface area contributed by atoms with Crippen molar-refractivity contribution in [1.29, 1.82) is 0 Å². The number of benzene rings is 1. The zero-order chi connectivity index (χ0) is 14.5. The summed E-state index contributed by atoms with van der Waals surface area (Å²) in [6.07, 6.45) is 2.58. The Labute approximate surface area is 119 Å². The van der Waals surface area contributed by atoms with E-state index in [1.807, 2.05) is 6.92 Å². The highest BCUT2D eigenvalue weighted by atomic mass is 35.5. The molecule has 0 aliphatic heterocycles. The lowest BCUT2D eigenvalue weighted by atomic mass is 10.1. The summed E-state index contributed by atoms with van der Waals surface area (Å²) in [5.74, 6) is -0.440. The molecule has 0 fully saturated rings. The molecule has 0 saturated carbocycles. The molecule has 0 amide bonds. The van der Waals surface area contributed by atoms with Crippen molar-refractivity contribution in [2.75, 3.05) is 18.6 Å². The van der Waals surface area contributed by atoms with Crippen LogP contribution in [0.25, 0.3) is 0 Å². The molecule has 0 saturated heterocycles. The van der Waals surface area contributed by atoms with E-state index in [4.69, 9.17) is 11.6 Å². The van der Waals surface area contributed by atoms with Crippen LogP contribution in [0.15, 0.2) is 18.2 Å². The normalized spacial score (nSPS) is 13.5. The van der Waals surface area contributed by atoms with Gasteiger partial charge in [0.25, 0.3) is 0 Å². The zero-order valence-corrected chi connectivity index (χ0v) is 12.7. The van der Waals surface area contributed by atoms with Gasteiger partial charge in [-0.3, -0.25) is 0 Å². The van der Waals surface area contributed by atoms with Crippen LogP contribution in [0.4, 0.5) is 4.39 Å². The molecule has 0 spiro atoms. The van der Waals surface area contributed by atoms with Crippen LogP contribution in [-0.2, 0) is 16.3 Å². The molecule has 108 valence electrons. The van der Waals surface area contributed by atoms with E-state index in [1.54, 1.807) is 6.07 Å². The second kappa shape index (κ2) is 7.22. The average Bonchev–Trinajstić information content (AvgIpc) is 2.29. The highest BCUT2D eigenvalue weighted by Gasteiger charge is 2.16. The SMILES string of the molecule is CCCNC(Cc1ccc(Cl)c(F)c1)CS(C)(=O)=O. The standard InChI is InChI=1S/C13H19ClFNO2S/c1-3-6-16-11(9-19(2,17)18)7-10-4-5-12(14)13(15)8-10/h4-5,8,11,16H,3,6-7,9H2,1-2H3. The number of halogens is 2. The third-order valence-electron chi connectivity index (χ3n) is 2.65. The first-order chi connectivity index (χ1) is 8.81. The third-order valence-corrected chi connectivity index (χ3v) is 3.97. The predicted molar refractivity (Wildman–Crippen MR) is 76.9 cm³/mol. The van der Waals surface area contributed by atoms with Crippen molar-refractivity contribution >= 4 is 21.4 Å². The molecule has 0 bridgehead atoms. The first kappa shape index (κ1) is 16.4. The summed E-state index contributed by atoms with van der Waals surface area (Å²) < 4.78 is 36.1. The minimum absolute atomic E-state index is 0.0389. The van der Waals surface area contributed by atoms with Crippen molar-refractivity contribution in [3.05, 3.63) is 34.6 Å². The molecule has 19 heavy (non-hydrogen) atoms. The van der Waals surface area contributed by atoms with E-state index in [9.17, 15) is 12.8 Å². The summed E-state index contributed by atoms with van der Waals surface area (Å²) in [4.78, 5) is 0. The van der Waals surface area contributed by atoms with Gasteiger partial charge in [-0.15, -0.1) is 0 Å². The lowest BCUT2D eigenvalue weighted by Crippen LogP contribution is -2.37. The number of nitrogens with one attached hydrogen (secondary N) is 1. The summed E-state index contributed by atoms with van der Waals surface area (Å²) in [6, 6.07) is 4.35. The van der Waals surface area contributed by atoms with E-state index >= 15 is 0 Å². The molecule has 1 N–H and O–H groups in total. The summed E-state index contributed by atoms with van der Waals surface area (Å²) >= 11 is 5.62. The van der Waals surface area contributed by atoms with Gasteiger partial charge in [-0.1, -0.05) is 24.6 Å². The Morgan fingerprint density at radius 3 is 2.63 bits per heavy atom. The van der Waals surface area contributed by atoms with Gasteiger partial charge >= 0.3 is 0 Å². The summed E-state index contributed by atoms with van der Waals surface area (Å²) in [6.45, 7) is 2.74. The maximum absolute atomic E-state index is 13.3. The van der Waals surface area contributed by atoms with Gasteiger partial charge in [0, 0.05) is 12.3 Å². The molecule has 6 heteroatoms. The fourth-order valence-electron chi connectivity index (χ4n) is 1.86. The lowest BCUT2D eigenvalue weighted by Gasteiger charge is -2.17. The first-order valence-electron chi connectivity index (χ1n) is 6.17. The van der Waals surface area contributed by atoms with Gasteiger partial charge in [0.05, 0.1) is 10.8 Å². The van der Waals surface area contributed by atoms with E-state index in [-0.39, 0.29) is 16.8 Å². The molecule has 0 aromatic heterocycles. The molecule has 0 radical (unpaired) electrons. The van der Waals surface area contributed by atoms with Gasteiger partial charge in [0.15, 0.2) is 0 Å². The van der Waals surface area contributed by atoms with Gasteiger partial charge < -0.3 is 5.32 Å². The van der Waals surface area contributed by atoms with Gasteiger partial charge in [-0.2, -0.15) is 0 Å². The van der Waals surface area contributed by atoms with Gasteiger partial charge in [0.2, 0.25) is 0 Å². The second-order valence-electron chi connectivity index (χ2n) is 4.70. The van der Waals surface area contributed by atoms with Crippen molar-refractivity contribution in [2.24, 2.45) is 0 Å². The molecule has 3 nitrogen and oxygen atoms in total. The quantitative estimate of drug-likeness (QED) is 0.841. The van der Waals surface area contributed by atoms with Crippen molar-refractivity contribution in [1.82, 2.24) is 5.32 Å². The number of sulfone groups is 1. The van der Waals surface area contributed by atoms with Crippen LogP contribution in [0.2, 0.25) is 5.02 Å². The Morgan fingerprint density at radius 1 is 1.42 bits per heavy atom. The molecular weight excluding hydrogens is 289 g/mol. The number of hydrogen-bond acceptors (Lipinski definition) is 3. The second-order valence-corrected chi connectivity index (χ2v) is 7.29. The number of hydrogen-bond donors (Lipinski definition) is 1. The molecule has 1 unspecified atom stereocenters. The predicted octanol–water partition coefficient (Wildman–Crippen LogP) is 2.43. The Bertz CT molecular complexity index is 519. The summed E-state index contributed by atoms with van der Waals surface area (Å²) in [5.41, 5.74) is 0.735. The van der Waals surface area contributed by atoms with Crippen LogP contribution in [0, 0.1) is 5.82 Å². The Hall–Kier alpha value is -0.650. The highest BCUT2D eigenvalue weighted by Crippen LogP contribution is 2.16. The van der Waals surface area contributed by atoms with Gasteiger partial charge in [-0.05, 0) is 37.1 Å². The molecule has 1 atom stereocenters. The fraction of sp³-hybridized carbons (Fsp3) is 0.538. The monoisotopic (exact) mass is 307 g/mol. The van der Waals surface area contributed by atoms with Gasteiger partial charge in [0.1, 0.15) is 15.7 Å². The highest BCUT2D eigenvalue weighted by molar-refractivity contribution is 7.90. The summed E-state index contributed by atoms with van der Waals surface area (Å²) in [7, 11) is -3.07. The van der Waals surface area contributed by atoms with Crippen LogP contribution in [0.3, 0.4) is 0 Å². The van der Waals surface area contributed by atoms with E-state index in [0.717, 1.165) is 18.5 Å². The maximum atomic E-state index is 13.3. The van der Waals surface area contributed by atoms with Crippen molar-refractivity contribution < 1.29 is 12.8 Å². The topological polar surface area (TPSA) is 46.2 Å². The largest absolute Gasteiger partial charge is 0.313 e. The minimum atomic E-state index is -3.07. The third kappa shape index (κ3) is 6.36. The Balaban J connectivity index is 2.77. The smallest absolute Gasteiger partial charge is 0.148 e. The van der Waals surface area contributed by atoms with Crippen molar-refractivity contribution in [2.45, 2.75) is 25.8 Å². The molecule has 0 heterocycles. The van der Waals surface area contributed by atoms with Crippen LogP contribution in [0.1, 0.15) is 18.9 Å². The van der Waals surface area contributed by atoms with E-state index < -0.39 is 15.7 Å². The van der Waals surface area contributed by atoms with E-state index in [0.29, 0.717) is 6.42 Å². The average molecular weight is 308 g/mol. The molecule has 1 rings (SSSR count). The van der Waals surface area contributed by atoms with Gasteiger partial charge in [-0.25, -0.2) is 12.8 Å². The van der Waals surface area contributed by atoms with Crippen LogP contribution in [-0.4, -0.2) is 33.0 Å². The molecule has 1 aromatic rings. The zero-order valence-electron chi connectivity index (χ0n) is 11.1. The molecule has 0 aliphatic rings. The molecule has 1 aromatic carbocycles. The van der Waals surface area contributed by atoms with E-state index in [1.165, 1.54) is 18.4 Å². The fourth-order valence-corrected chi connectivity index (χ4v) is 2.94. The Morgan fingerprint density at radius 2 is 2.11 bits per heavy atom. The van der Waals surface area contributed by atoms with Crippen LogP contribution >= 0.6 is 11.6 Å². The minimum Gasteiger partial charge on any atom is -0.313 e. The molecular formula is C13H19ClFNO2S. The van der Waals surface area contributed by atoms with Crippen LogP contribution < -0.4 is 5.32 Å². The summed E-state index contributed by atoms with van der Waals surface area (Å²) in [5, 5.41) is 3.25. The first-order valence-corrected chi connectivity index (χ1v) is 8.60. The van der Waals surface area contributed by atoms with E-state index in [2.05, 4.69) is 5.32 Å². The number of rotatable bonds is 7.